The van der Waals surface area contributed by atoms with Crippen molar-refractivity contribution in [1.82, 2.24) is 4.31 Å². The fraction of sp³-hybridized carbons (Fsp3) is 0.118. The van der Waals surface area contributed by atoms with E-state index < -0.39 is 15.8 Å². The molecule has 0 atom stereocenters. The third-order valence-electron chi connectivity index (χ3n) is 3.76. The van der Waals surface area contributed by atoms with Crippen LogP contribution in [0.5, 0.6) is 0 Å². The van der Waals surface area contributed by atoms with Gasteiger partial charge in [0, 0.05) is 18.2 Å². The normalized spacial score (nSPS) is 16.0. The van der Waals surface area contributed by atoms with Crippen molar-refractivity contribution in [2.24, 2.45) is 0 Å². The molecule has 118 valence electrons. The van der Waals surface area contributed by atoms with Gasteiger partial charge >= 0.3 is 0 Å². The summed E-state index contributed by atoms with van der Waals surface area (Å²) in [6, 6.07) is 15.0. The highest BCUT2D eigenvalue weighted by Gasteiger charge is 2.38. The molecule has 1 heterocycles. The molecular weight excluding hydrogens is 314 g/mol. The molecule has 0 N–H and O–H groups in total. The Labute approximate surface area is 134 Å². The molecule has 0 amide bonds. The number of hydrogen-bond acceptors (Lipinski definition) is 4. The Balaban J connectivity index is 2.29. The number of ketones is 1. The number of allylic oxidation sites excluding steroid dienone is 1. The van der Waals surface area contributed by atoms with Crippen LogP contribution in [0.4, 0.5) is 0 Å². The second-order valence-corrected chi connectivity index (χ2v) is 6.98. The summed E-state index contributed by atoms with van der Waals surface area (Å²) >= 11 is 0. The van der Waals surface area contributed by atoms with E-state index in [9.17, 15) is 13.2 Å². The monoisotopic (exact) mass is 329 g/mol. The van der Waals surface area contributed by atoms with Crippen molar-refractivity contribution in [3.8, 4) is 0 Å². The highest BCUT2D eigenvalue weighted by molar-refractivity contribution is 7.89. The van der Waals surface area contributed by atoms with Gasteiger partial charge in [0.1, 0.15) is 5.70 Å². The molecule has 2 aromatic carbocycles. The maximum atomic E-state index is 12.8. The lowest BCUT2D eigenvalue weighted by molar-refractivity contribution is 0.101. The van der Waals surface area contributed by atoms with Crippen LogP contribution >= 0.6 is 0 Å². The lowest BCUT2D eigenvalue weighted by atomic mass is 10.0. The molecule has 0 saturated heterocycles. The Morgan fingerprint density at radius 1 is 1.00 bits per heavy atom. The lowest BCUT2D eigenvalue weighted by Crippen LogP contribution is -2.35. The maximum absolute atomic E-state index is 12.8. The predicted molar refractivity (Wildman–Crippen MR) is 86.1 cm³/mol. The number of nitrogens with zero attached hydrogens (tertiary/aromatic N) is 1. The number of carbonyl (C=O) groups excluding carboxylic acids is 1. The standard InChI is InChI=1S/C17H15NO4S/c1-18-15(16(19)12-8-4-3-5-9-12)17(22-2)13-10-6-7-11-14(13)23(18,20)21/h3-11H,1-2H3. The fourth-order valence-electron chi connectivity index (χ4n) is 2.60. The molecular formula is C17H15NO4S. The van der Waals surface area contributed by atoms with E-state index in [0.29, 0.717) is 11.1 Å². The van der Waals surface area contributed by atoms with Gasteiger partial charge in [0.15, 0.2) is 5.76 Å². The second kappa shape index (κ2) is 5.55. The molecule has 0 saturated carbocycles. The highest BCUT2D eigenvalue weighted by atomic mass is 32.2. The number of ether oxygens (including phenoxy) is 1. The van der Waals surface area contributed by atoms with Crippen molar-refractivity contribution in [3.05, 3.63) is 71.4 Å². The summed E-state index contributed by atoms with van der Waals surface area (Å²) in [7, 11) is -1.00. The molecule has 0 spiro atoms. The molecule has 1 aliphatic rings. The van der Waals surface area contributed by atoms with Crippen LogP contribution in [0.1, 0.15) is 15.9 Å². The largest absolute Gasteiger partial charge is 0.494 e. The summed E-state index contributed by atoms with van der Waals surface area (Å²) in [4.78, 5) is 13.0. The number of fused-ring (bicyclic) bond motifs is 1. The zero-order valence-corrected chi connectivity index (χ0v) is 13.5. The first-order valence-corrected chi connectivity index (χ1v) is 8.39. The Kier molecular flexibility index (Phi) is 3.69. The molecule has 0 unspecified atom stereocenters. The van der Waals surface area contributed by atoms with Crippen molar-refractivity contribution in [2.75, 3.05) is 14.2 Å². The van der Waals surface area contributed by atoms with E-state index in [2.05, 4.69) is 0 Å². The first-order chi connectivity index (χ1) is 11.0. The Morgan fingerprint density at radius 2 is 1.61 bits per heavy atom. The van der Waals surface area contributed by atoms with Gasteiger partial charge in [-0.3, -0.25) is 9.10 Å². The molecule has 23 heavy (non-hydrogen) atoms. The summed E-state index contributed by atoms with van der Waals surface area (Å²) in [6.45, 7) is 0. The lowest BCUT2D eigenvalue weighted by Gasteiger charge is -2.29. The van der Waals surface area contributed by atoms with Crippen LogP contribution in [-0.4, -0.2) is 32.7 Å². The number of likely N-dealkylation sites (N-methyl/N-ethyl adjacent to an activating group) is 1. The van der Waals surface area contributed by atoms with E-state index in [1.165, 1.54) is 20.2 Å². The molecule has 0 radical (unpaired) electrons. The van der Waals surface area contributed by atoms with Crippen LogP contribution in [0, 0.1) is 0 Å². The maximum Gasteiger partial charge on any atom is 0.265 e. The fourth-order valence-corrected chi connectivity index (χ4v) is 3.99. The first-order valence-electron chi connectivity index (χ1n) is 6.95. The van der Waals surface area contributed by atoms with Gasteiger partial charge in [-0.25, -0.2) is 8.42 Å². The predicted octanol–water partition coefficient (Wildman–Crippen LogP) is 2.52. The van der Waals surface area contributed by atoms with Crippen molar-refractivity contribution in [3.63, 3.8) is 0 Å². The quantitative estimate of drug-likeness (QED) is 0.812. The summed E-state index contributed by atoms with van der Waals surface area (Å²) in [5.41, 5.74) is 0.809. The molecule has 0 aromatic heterocycles. The number of hydrogen-bond donors (Lipinski definition) is 0. The molecule has 0 bridgehead atoms. The van der Waals surface area contributed by atoms with Gasteiger partial charge in [-0.2, -0.15) is 0 Å². The van der Waals surface area contributed by atoms with Crippen molar-refractivity contribution >= 4 is 21.6 Å². The number of carbonyl (C=O) groups is 1. The van der Waals surface area contributed by atoms with Crippen LogP contribution in [0.15, 0.2) is 65.2 Å². The van der Waals surface area contributed by atoms with E-state index in [1.807, 2.05) is 0 Å². The van der Waals surface area contributed by atoms with E-state index in [0.717, 1.165) is 4.31 Å². The number of methoxy groups -OCH3 is 1. The number of Topliss-reactive ketones (excluding diaryl/α,β-unsaturated/α-hetero) is 1. The third kappa shape index (κ3) is 2.31. The number of rotatable bonds is 3. The molecule has 5 nitrogen and oxygen atoms in total. The van der Waals surface area contributed by atoms with Crippen molar-refractivity contribution < 1.29 is 17.9 Å². The van der Waals surface area contributed by atoms with Gasteiger partial charge in [-0.05, 0) is 12.1 Å². The Bertz CT molecular complexity index is 901. The van der Waals surface area contributed by atoms with E-state index in [1.54, 1.807) is 48.5 Å². The smallest absolute Gasteiger partial charge is 0.265 e. The van der Waals surface area contributed by atoms with Gasteiger partial charge in [0.2, 0.25) is 5.78 Å². The zero-order valence-electron chi connectivity index (χ0n) is 12.7. The van der Waals surface area contributed by atoms with Crippen molar-refractivity contribution in [2.45, 2.75) is 4.90 Å². The molecule has 0 fully saturated rings. The molecule has 1 aliphatic heterocycles. The molecule has 3 rings (SSSR count). The minimum Gasteiger partial charge on any atom is -0.494 e. The van der Waals surface area contributed by atoms with Crippen LogP contribution in [0.2, 0.25) is 0 Å². The Hall–Kier alpha value is -2.60. The third-order valence-corrected chi connectivity index (χ3v) is 5.57. The van der Waals surface area contributed by atoms with Gasteiger partial charge in [-0.15, -0.1) is 0 Å². The van der Waals surface area contributed by atoms with Gasteiger partial charge in [-0.1, -0.05) is 42.5 Å². The van der Waals surface area contributed by atoms with Crippen LogP contribution in [0.3, 0.4) is 0 Å². The SMILES string of the molecule is COC1=C(C(=O)c2ccccc2)N(C)S(=O)(=O)c2ccccc21. The summed E-state index contributed by atoms with van der Waals surface area (Å²) in [5.74, 6) is -0.144. The average molecular weight is 329 g/mol. The van der Waals surface area contributed by atoms with E-state index in [4.69, 9.17) is 4.74 Å². The van der Waals surface area contributed by atoms with Crippen LogP contribution in [0.25, 0.3) is 5.76 Å². The zero-order chi connectivity index (χ0) is 16.6. The number of benzene rings is 2. The van der Waals surface area contributed by atoms with E-state index >= 15 is 0 Å². The minimum atomic E-state index is -3.79. The molecule has 6 heteroatoms. The van der Waals surface area contributed by atoms with Gasteiger partial charge < -0.3 is 4.74 Å². The topological polar surface area (TPSA) is 63.7 Å². The summed E-state index contributed by atoms with van der Waals surface area (Å²) in [5, 5.41) is 0. The van der Waals surface area contributed by atoms with Gasteiger partial charge in [0.25, 0.3) is 10.0 Å². The van der Waals surface area contributed by atoms with Crippen LogP contribution in [-0.2, 0) is 14.8 Å². The van der Waals surface area contributed by atoms with E-state index in [-0.39, 0.29) is 16.4 Å². The first kappa shape index (κ1) is 15.3. The van der Waals surface area contributed by atoms with Crippen molar-refractivity contribution in [1.29, 1.82) is 0 Å². The highest BCUT2D eigenvalue weighted by Crippen LogP contribution is 2.37. The number of sulfonamides is 1. The summed E-state index contributed by atoms with van der Waals surface area (Å²) < 4.78 is 31.8. The Morgan fingerprint density at radius 3 is 2.26 bits per heavy atom. The molecule has 2 aromatic rings. The van der Waals surface area contributed by atoms with Gasteiger partial charge in [0.05, 0.1) is 12.0 Å². The second-order valence-electron chi connectivity index (χ2n) is 5.05. The minimum absolute atomic E-state index is 0.0115. The average Bonchev–Trinajstić information content (AvgIpc) is 2.58. The summed E-state index contributed by atoms with van der Waals surface area (Å²) in [6.07, 6.45) is 0. The molecule has 0 aliphatic carbocycles. The van der Waals surface area contributed by atoms with Crippen LogP contribution < -0.4 is 0 Å².